The van der Waals surface area contributed by atoms with Gasteiger partial charge in [0, 0.05) is 6.20 Å². The molecule has 4 heteroatoms. The summed E-state index contributed by atoms with van der Waals surface area (Å²) in [6.45, 7) is 2.92. The standard InChI is InChI=1S/C21H25N3O/c1-17-14-21(25-2)13-12-19(17)10-6-7-11-20-16-24(23-22-20)15-18-8-4-3-5-9-18/h3-5,8-9,12-14,16H,6-7,10-11,15H2,1-2H3. The topological polar surface area (TPSA) is 39.9 Å². The van der Waals surface area contributed by atoms with Crippen molar-refractivity contribution in [2.24, 2.45) is 0 Å². The van der Waals surface area contributed by atoms with Gasteiger partial charge in [0.1, 0.15) is 5.75 Å². The summed E-state index contributed by atoms with van der Waals surface area (Å²) in [5.74, 6) is 0.927. The Morgan fingerprint density at radius 1 is 1.00 bits per heavy atom. The molecule has 1 aromatic heterocycles. The smallest absolute Gasteiger partial charge is 0.119 e. The minimum atomic E-state index is 0.777. The summed E-state index contributed by atoms with van der Waals surface area (Å²) in [4.78, 5) is 0. The van der Waals surface area contributed by atoms with E-state index in [1.807, 2.05) is 28.9 Å². The number of hydrogen-bond acceptors (Lipinski definition) is 3. The quantitative estimate of drug-likeness (QED) is 0.579. The number of benzene rings is 2. The molecular weight excluding hydrogens is 310 g/mol. The maximum atomic E-state index is 5.26. The number of methoxy groups -OCH3 is 1. The lowest BCUT2D eigenvalue weighted by molar-refractivity contribution is 0.414. The van der Waals surface area contributed by atoms with Gasteiger partial charge in [0.05, 0.1) is 19.3 Å². The average Bonchev–Trinajstić information content (AvgIpc) is 3.08. The van der Waals surface area contributed by atoms with E-state index in [0.29, 0.717) is 0 Å². The third-order valence-corrected chi connectivity index (χ3v) is 4.45. The molecule has 0 N–H and O–H groups in total. The molecule has 0 saturated heterocycles. The summed E-state index contributed by atoms with van der Waals surface area (Å²) in [7, 11) is 1.71. The highest BCUT2D eigenvalue weighted by Gasteiger charge is 2.04. The Bertz CT molecular complexity index is 796. The van der Waals surface area contributed by atoms with Crippen LogP contribution in [0.1, 0.15) is 35.2 Å². The number of unbranched alkanes of at least 4 members (excludes halogenated alkanes) is 1. The van der Waals surface area contributed by atoms with Crippen LogP contribution in [0.3, 0.4) is 0 Å². The minimum Gasteiger partial charge on any atom is -0.497 e. The molecule has 0 bridgehead atoms. The number of aromatic nitrogens is 3. The van der Waals surface area contributed by atoms with Gasteiger partial charge in [-0.15, -0.1) is 5.10 Å². The van der Waals surface area contributed by atoms with Gasteiger partial charge in [0.2, 0.25) is 0 Å². The summed E-state index contributed by atoms with van der Waals surface area (Å²) in [5.41, 5.74) is 5.01. The van der Waals surface area contributed by atoms with Gasteiger partial charge in [-0.25, -0.2) is 4.68 Å². The van der Waals surface area contributed by atoms with Crippen LogP contribution in [-0.4, -0.2) is 22.1 Å². The highest BCUT2D eigenvalue weighted by Crippen LogP contribution is 2.18. The van der Waals surface area contributed by atoms with Crippen LogP contribution in [0, 0.1) is 6.92 Å². The van der Waals surface area contributed by atoms with Crippen LogP contribution in [0.4, 0.5) is 0 Å². The summed E-state index contributed by atoms with van der Waals surface area (Å²) in [5, 5.41) is 8.53. The third kappa shape index (κ3) is 4.92. The van der Waals surface area contributed by atoms with Crippen molar-refractivity contribution in [3.8, 4) is 5.75 Å². The fraction of sp³-hybridized carbons (Fsp3) is 0.333. The summed E-state index contributed by atoms with van der Waals surface area (Å²) < 4.78 is 7.18. The van der Waals surface area contributed by atoms with Crippen molar-refractivity contribution in [1.29, 1.82) is 0 Å². The zero-order valence-corrected chi connectivity index (χ0v) is 15.0. The third-order valence-electron chi connectivity index (χ3n) is 4.45. The van der Waals surface area contributed by atoms with Gasteiger partial charge < -0.3 is 4.74 Å². The van der Waals surface area contributed by atoms with Crippen molar-refractivity contribution in [2.45, 2.75) is 39.2 Å². The Hall–Kier alpha value is -2.62. The van der Waals surface area contributed by atoms with Crippen LogP contribution in [-0.2, 0) is 19.4 Å². The molecule has 0 saturated carbocycles. The molecule has 130 valence electrons. The molecule has 25 heavy (non-hydrogen) atoms. The first-order valence-electron chi connectivity index (χ1n) is 8.81. The number of rotatable bonds is 8. The van der Waals surface area contributed by atoms with Crippen molar-refractivity contribution >= 4 is 0 Å². The maximum absolute atomic E-state index is 5.26. The molecule has 0 atom stereocenters. The second kappa shape index (κ2) is 8.47. The Balaban J connectivity index is 1.45. The second-order valence-electron chi connectivity index (χ2n) is 6.39. The molecule has 0 unspecified atom stereocenters. The lowest BCUT2D eigenvalue weighted by Crippen LogP contribution is -1.99. The van der Waals surface area contributed by atoms with Crippen molar-refractivity contribution in [3.63, 3.8) is 0 Å². The zero-order chi connectivity index (χ0) is 17.5. The molecule has 0 aliphatic heterocycles. The Morgan fingerprint density at radius 3 is 2.56 bits per heavy atom. The monoisotopic (exact) mass is 335 g/mol. The largest absolute Gasteiger partial charge is 0.497 e. The van der Waals surface area contributed by atoms with Crippen molar-refractivity contribution in [3.05, 3.63) is 77.1 Å². The van der Waals surface area contributed by atoms with Gasteiger partial charge in [-0.3, -0.25) is 0 Å². The Morgan fingerprint density at radius 2 is 1.80 bits per heavy atom. The lowest BCUT2D eigenvalue weighted by Gasteiger charge is -2.07. The summed E-state index contributed by atoms with van der Waals surface area (Å²) in [6, 6.07) is 16.7. The zero-order valence-electron chi connectivity index (χ0n) is 15.0. The summed E-state index contributed by atoms with van der Waals surface area (Å²) in [6.07, 6.45) is 6.40. The lowest BCUT2D eigenvalue weighted by atomic mass is 10.0. The fourth-order valence-electron chi connectivity index (χ4n) is 3.00. The molecule has 0 spiro atoms. The molecule has 4 nitrogen and oxygen atoms in total. The van der Waals surface area contributed by atoms with Crippen molar-refractivity contribution in [2.75, 3.05) is 7.11 Å². The van der Waals surface area contributed by atoms with Crippen LogP contribution >= 0.6 is 0 Å². The molecule has 0 aliphatic carbocycles. The first-order valence-corrected chi connectivity index (χ1v) is 8.81. The number of hydrogen-bond donors (Lipinski definition) is 0. The molecule has 0 amide bonds. The van der Waals surface area contributed by atoms with E-state index >= 15 is 0 Å². The Labute approximate surface area is 149 Å². The fourth-order valence-corrected chi connectivity index (χ4v) is 3.00. The van der Waals surface area contributed by atoms with Gasteiger partial charge in [0.25, 0.3) is 0 Å². The van der Waals surface area contributed by atoms with Crippen LogP contribution in [0.5, 0.6) is 5.75 Å². The van der Waals surface area contributed by atoms with Gasteiger partial charge in [0.15, 0.2) is 0 Å². The first kappa shape index (κ1) is 17.2. The van der Waals surface area contributed by atoms with Gasteiger partial charge in [-0.2, -0.15) is 0 Å². The molecule has 3 rings (SSSR count). The normalized spacial score (nSPS) is 10.8. The Kier molecular flexibility index (Phi) is 5.83. The molecule has 0 fully saturated rings. The second-order valence-corrected chi connectivity index (χ2v) is 6.39. The molecule has 2 aromatic carbocycles. The molecule has 3 aromatic rings. The first-order chi connectivity index (χ1) is 12.2. The number of nitrogens with zero attached hydrogens (tertiary/aromatic N) is 3. The van der Waals surface area contributed by atoms with E-state index < -0.39 is 0 Å². The summed E-state index contributed by atoms with van der Waals surface area (Å²) >= 11 is 0. The van der Waals surface area contributed by atoms with Gasteiger partial charge in [-0.1, -0.05) is 41.6 Å². The maximum Gasteiger partial charge on any atom is 0.119 e. The highest BCUT2D eigenvalue weighted by molar-refractivity contribution is 5.34. The van der Waals surface area contributed by atoms with Crippen molar-refractivity contribution < 1.29 is 4.74 Å². The molecular formula is C21H25N3O. The van der Waals surface area contributed by atoms with E-state index in [-0.39, 0.29) is 0 Å². The van der Waals surface area contributed by atoms with Crippen LogP contribution in [0.2, 0.25) is 0 Å². The molecule has 0 radical (unpaired) electrons. The van der Waals surface area contributed by atoms with E-state index in [2.05, 4.69) is 47.7 Å². The van der Waals surface area contributed by atoms with Gasteiger partial charge in [-0.05, 0) is 61.4 Å². The minimum absolute atomic E-state index is 0.777. The van der Waals surface area contributed by atoms with E-state index in [1.54, 1.807) is 7.11 Å². The number of ether oxygens (including phenoxy) is 1. The number of aryl methyl sites for hydroxylation is 3. The van der Waals surface area contributed by atoms with E-state index in [1.165, 1.54) is 16.7 Å². The molecule has 0 aliphatic rings. The van der Waals surface area contributed by atoms with Crippen LogP contribution in [0.15, 0.2) is 54.7 Å². The SMILES string of the molecule is COc1ccc(CCCCc2cn(Cc3ccccc3)nn2)c(C)c1. The van der Waals surface area contributed by atoms with E-state index in [9.17, 15) is 0 Å². The molecule has 1 heterocycles. The van der Waals surface area contributed by atoms with E-state index in [0.717, 1.165) is 43.7 Å². The average molecular weight is 335 g/mol. The predicted molar refractivity (Wildman–Crippen MR) is 99.9 cm³/mol. The van der Waals surface area contributed by atoms with Crippen LogP contribution < -0.4 is 4.74 Å². The van der Waals surface area contributed by atoms with E-state index in [4.69, 9.17) is 4.74 Å². The highest BCUT2D eigenvalue weighted by atomic mass is 16.5. The van der Waals surface area contributed by atoms with Crippen molar-refractivity contribution in [1.82, 2.24) is 15.0 Å². The van der Waals surface area contributed by atoms with Gasteiger partial charge >= 0.3 is 0 Å². The van der Waals surface area contributed by atoms with Crippen LogP contribution in [0.25, 0.3) is 0 Å². The predicted octanol–water partition coefficient (Wildman–Crippen LogP) is 4.21.